The Balaban J connectivity index is 1.92. The Morgan fingerprint density at radius 1 is 1.29 bits per heavy atom. The molecule has 1 aromatic carbocycles. The molecule has 24 heavy (non-hydrogen) atoms. The fourth-order valence-corrected chi connectivity index (χ4v) is 3.14. The van der Waals surface area contributed by atoms with Gasteiger partial charge < -0.3 is 20.1 Å². The van der Waals surface area contributed by atoms with Crippen molar-refractivity contribution in [3.63, 3.8) is 0 Å². The number of ether oxygens (including phenoxy) is 1. The van der Waals surface area contributed by atoms with E-state index in [4.69, 9.17) is 9.84 Å². The first-order chi connectivity index (χ1) is 11.4. The van der Waals surface area contributed by atoms with Gasteiger partial charge in [0.1, 0.15) is 0 Å². The molecule has 1 fully saturated rings. The van der Waals surface area contributed by atoms with E-state index in [1.165, 1.54) is 0 Å². The van der Waals surface area contributed by atoms with E-state index in [0.29, 0.717) is 12.5 Å². The average Bonchev–Trinajstić information content (AvgIpc) is 2.56. The molecule has 2 N–H and O–H groups in total. The van der Waals surface area contributed by atoms with Gasteiger partial charge >= 0.3 is 0 Å². The minimum absolute atomic E-state index is 0.0606. The number of likely N-dealkylation sites (N-methyl/N-ethyl adjacent to an activating group) is 1. The first kappa shape index (κ1) is 18.7. The van der Waals surface area contributed by atoms with Gasteiger partial charge in [-0.3, -0.25) is 4.79 Å². The van der Waals surface area contributed by atoms with E-state index in [-0.39, 0.29) is 12.5 Å². The number of aliphatic hydroxyl groups is 1. The van der Waals surface area contributed by atoms with Gasteiger partial charge in [0.2, 0.25) is 5.91 Å². The molecule has 5 heteroatoms. The molecule has 0 unspecified atom stereocenters. The highest BCUT2D eigenvalue weighted by atomic mass is 16.5. The summed E-state index contributed by atoms with van der Waals surface area (Å²) >= 11 is 0. The predicted octanol–water partition coefficient (Wildman–Crippen LogP) is 2.90. The topological polar surface area (TPSA) is 61.8 Å². The number of rotatable bonds is 7. The normalized spacial score (nSPS) is 16.0. The number of aliphatic hydroxyl groups excluding tert-OH is 1. The first-order valence-electron chi connectivity index (χ1n) is 8.73. The second-order valence-electron chi connectivity index (χ2n) is 7.29. The lowest BCUT2D eigenvalue weighted by Gasteiger charge is -2.31. The minimum atomic E-state index is -0.394. The standard InChI is InChI=1S/C19H30N2O3/c1-19(2,14-15-8-12-24-13-9-15)18(23)20-16-4-6-17(7-5-16)21(3)10-11-22/h4-7,15,22H,8-14H2,1-3H3,(H,20,23). The molecule has 1 aromatic rings. The molecular weight excluding hydrogens is 304 g/mol. The second kappa shape index (κ2) is 8.49. The van der Waals surface area contributed by atoms with Crippen LogP contribution in [-0.4, -0.2) is 44.4 Å². The molecule has 0 saturated carbocycles. The number of hydrogen-bond acceptors (Lipinski definition) is 4. The quantitative estimate of drug-likeness (QED) is 0.805. The summed E-state index contributed by atoms with van der Waals surface area (Å²) < 4.78 is 5.40. The summed E-state index contributed by atoms with van der Waals surface area (Å²) in [4.78, 5) is 14.6. The molecule has 1 aliphatic rings. The van der Waals surface area contributed by atoms with E-state index in [1.54, 1.807) is 0 Å². The summed E-state index contributed by atoms with van der Waals surface area (Å²) in [5, 5.41) is 12.0. The van der Waals surface area contributed by atoms with Gasteiger partial charge in [-0.2, -0.15) is 0 Å². The fraction of sp³-hybridized carbons (Fsp3) is 0.632. The monoisotopic (exact) mass is 334 g/mol. The van der Waals surface area contributed by atoms with E-state index in [2.05, 4.69) is 5.32 Å². The maximum atomic E-state index is 12.6. The second-order valence-corrected chi connectivity index (χ2v) is 7.29. The van der Waals surface area contributed by atoms with Gasteiger partial charge in [0.05, 0.1) is 6.61 Å². The molecule has 5 nitrogen and oxygen atoms in total. The third-order valence-corrected chi connectivity index (χ3v) is 4.76. The lowest BCUT2D eigenvalue weighted by molar-refractivity contribution is -0.125. The lowest BCUT2D eigenvalue weighted by Crippen LogP contribution is -2.34. The fourth-order valence-electron chi connectivity index (χ4n) is 3.14. The SMILES string of the molecule is CN(CCO)c1ccc(NC(=O)C(C)(C)CC2CCOCC2)cc1. The molecule has 0 spiro atoms. The van der Waals surface area contributed by atoms with Crippen LogP contribution >= 0.6 is 0 Å². The van der Waals surface area contributed by atoms with Crippen molar-refractivity contribution in [2.24, 2.45) is 11.3 Å². The first-order valence-corrected chi connectivity index (χ1v) is 8.73. The van der Waals surface area contributed by atoms with Crippen molar-refractivity contribution in [1.29, 1.82) is 0 Å². The number of nitrogens with one attached hydrogen (secondary N) is 1. The van der Waals surface area contributed by atoms with Crippen LogP contribution in [0.3, 0.4) is 0 Å². The van der Waals surface area contributed by atoms with Gasteiger partial charge in [0.25, 0.3) is 0 Å². The van der Waals surface area contributed by atoms with E-state index in [0.717, 1.165) is 43.9 Å². The average molecular weight is 334 g/mol. The van der Waals surface area contributed by atoms with Crippen molar-refractivity contribution in [3.05, 3.63) is 24.3 Å². The van der Waals surface area contributed by atoms with Crippen LogP contribution in [0.4, 0.5) is 11.4 Å². The van der Waals surface area contributed by atoms with Gasteiger partial charge in [-0.25, -0.2) is 0 Å². The van der Waals surface area contributed by atoms with Crippen LogP contribution in [0.25, 0.3) is 0 Å². The molecule has 0 aromatic heterocycles. The number of benzene rings is 1. The number of carbonyl (C=O) groups is 1. The zero-order chi connectivity index (χ0) is 17.6. The van der Waals surface area contributed by atoms with Crippen molar-refractivity contribution in [2.45, 2.75) is 33.1 Å². The molecule has 1 amide bonds. The molecule has 0 bridgehead atoms. The van der Waals surface area contributed by atoms with Crippen LogP contribution in [0.2, 0.25) is 0 Å². The largest absolute Gasteiger partial charge is 0.395 e. The molecule has 0 aliphatic carbocycles. The Morgan fingerprint density at radius 3 is 2.50 bits per heavy atom. The molecule has 0 atom stereocenters. The molecule has 2 rings (SSSR count). The van der Waals surface area contributed by atoms with E-state index in [9.17, 15) is 4.79 Å². The van der Waals surface area contributed by atoms with E-state index >= 15 is 0 Å². The molecule has 134 valence electrons. The maximum absolute atomic E-state index is 12.6. The van der Waals surface area contributed by atoms with Crippen LogP contribution in [0.5, 0.6) is 0 Å². The van der Waals surface area contributed by atoms with Gasteiger partial charge in [0, 0.05) is 43.6 Å². The lowest BCUT2D eigenvalue weighted by atomic mass is 9.79. The minimum Gasteiger partial charge on any atom is -0.395 e. The molecule has 1 heterocycles. The van der Waals surface area contributed by atoms with Crippen LogP contribution in [0, 0.1) is 11.3 Å². The molecular formula is C19H30N2O3. The summed E-state index contributed by atoms with van der Waals surface area (Å²) in [6, 6.07) is 7.73. The zero-order valence-electron chi connectivity index (χ0n) is 15.0. The van der Waals surface area contributed by atoms with Crippen molar-refractivity contribution < 1.29 is 14.6 Å². The van der Waals surface area contributed by atoms with Gasteiger partial charge in [0.15, 0.2) is 0 Å². The third kappa shape index (κ3) is 5.21. The van der Waals surface area contributed by atoms with Crippen LogP contribution in [0.15, 0.2) is 24.3 Å². The van der Waals surface area contributed by atoms with Crippen LogP contribution in [0.1, 0.15) is 33.1 Å². The van der Waals surface area contributed by atoms with Crippen molar-refractivity contribution >= 4 is 17.3 Å². The summed E-state index contributed by atoms with van der Waals surface area (Å²) in [5.41, 5.74) is 1.43. The van der Waals surface area contributed by atoms with Crippen molar-refractivity contribution in [3.8, 4) is 0 Å². The molecule has 0 radical (unpaired) electrons. The maximum Gasteiger partial charge on any atom is 0.230 e. The molecule has 1 aliphatic heterocycles. The van der Waals surface area contributed by atoms with Crippen molar-refractivity contribution in [1.82, 2.24) is 0 Å². The summed E-state index contributed by atoms with van der Waals surface area (Å²) in [7, 11) is 1.93. The Bertz CT molecular complexity index is 522. The van der Waals surface area contributed by atoms with Gasteiger partial charge in [-0.15, -0.1) is 0 Å². The summed E-state index contributed by atoms with van der Waals surface area (Å²) in [5.74, 6) is 0.625. The van der Waals surface area contributed by atoms with E-state index < -0.39 is 5.41 Å². The number of nitrogens with zero attached hydrogens (tertiary/aromatic N) is 1. The van der Waals surface area contributed by atoms with Crippen LogP contribution < -0.4 is 10.2 Å². The van der Waals surface area contributed by atoms with E-state index in [1.807, 2.05) is 50.1 Å². The number of anilines is 2. The third-order valence-electron chi connectivity index (χ3n) is 4.76. The highest BCUT2D eigenvalue weighted by molar-refractivity contribution is 5.94. The van der Waals surface area contributed by atoms with Gasteiger partial charge in [-0.1, -0.05) is 13.8 Å². The Labute approximate surface area is 145 Å². The summed E-state index contributed by atoms with van der Waals surface area (Å²) in [6.07, 6.45) is 2.98. The molecule has 1 saturated heterocycles. The van der Waals surface area contributed by atoms with Crippen LogP contribution in [-0.2, 0) is 9.53 Å². The summed E-state index contributed by atoms with van der Waals surface area (Å²) in [6.45, 7) is 6.36. The van der Waals surface area contributed by atoms with Crippen molar-refractivity contribution in [2.75, 3.05) is 43.6 Å². The zero-order valence-corrected chi connectivity index (χ0v) is 15.0. The highest BCUT2D eigenvalue weighted by Gasteiger charge is 2.31. The number of carbonyl (C=O) groups excluding carboxylic acids is 1. The smallest absolute Gasteiger partial charge is 0.230 e. The Kier molecular flexibility index (Phi) is 6.63. The van der Waals surface area contributed by atoms with Gasteiger partial charge in [-0.05, 0) is 49.4 Å². The Morgan fingerprint density at radius 2 is 1.92 bits per heavy atom. The predicted molar refractivity (Wildman–Crippen MR) is 97.4 cm³/mol. The number of hydrogen-bond donors (Lipinski definition) is 2. The highest BCUT2D eigenvalue weighted by Crippen LogP contribution is 2.32. The number of amides is 1. The Hall–Kier alpha value is -1.59.